The van der Waals surface area contributed by atoms with Crippen LogP contribution in [0.3, 0.4) is 0 Å². The van der Waals surface area contributed by atoms with Crippen LogP contribution in [0.4, 0.5) is 11.4 Å². The molecule has 96 valence electrons. The summed E-state index contributed by atoms with van der Waals surface area (Å²) in [6, 6.07) is 8.77. The number of nitrogens with one attached hydrogen (secondary N) is 1. The number of nitrogens with zero attached hydrogens (tertiary/aromatic N) is 1. The zero-order chi connectivity index (χ0) is 12.5. The van der Waals surface area contributed by atoms with Gasteiger partial charge in [-0.2, -0.15) is 0 Å². The summed E-state index contributed by atoms with van der Waals surface area (Å²) in [5.74, 6) is 0. The smallest absolute Gasteiger partial charge is 0.0367 e. The minimum absolute atomic E-state index is 1.07. The van der Waals surface area contributed by atoms with Gasteiger partial charge >= 0.3 is 0 Å². The molecule has 2 heteroatoms. The Hall–Kier alpha value is -1.18. The fraction of sp³-hybridized carbons (Fsp3) is 0.600. The second kappa shape index (κ2) is 7.99. The molecule has 17 heavy (non-hydrogen) atoms. The van der Waals surface area contributed by atoms with E-state index in [-0.39, 0.29) is 0 Å². The van der Waals surface area contributed by atoms with Crippen molar-refractivity contribution in [3.05, 3.63) is 24.3 Å². The molecule has 0 saturated carbocycles. The Balaban J connectivity index is 2.44. The van der Waals surface area contributed by atoms with Gasteiger partial charge in [0, 0.05) is 31.0 Å². The van der Waals surface area contributed by atoms with Crippen molar-refractivity contribution in [3.63, 3.8) is 0 Å². The minimum atomic E-state index is 1.07. The second-order valence-electron chi connectivity index (χ2n) is 4.35. The quantitative estimate of drug-likeness (QED) is 0.680. The summed E-state index contributed by atoms with van der Waals surface area (Å²) < 4.78 is 0. The van der Waals surface area contributed by atoms with Crippen LogP contribution in [-0.4, -0.2) is 19.6 Å². The highest BCUT2D eigenvalue weighted by molar-refractivity contribution is 5.54. The molecule has 1 rings (SSSR count). The number of hydrogen-bond donors (Lipinski definition) is 1. The van der Waals surface area contributed by atoms with Gasteiger partial charge in [-0.15, -0.1) is 0 Å². The number of unbranched alkanes of at least 4 members (excludes halogenated alkanes) is 2. The minimum Gasteiger partial charge on any atom is -0.385 e. The van der Waals surface area contributed by atoms with Gasteiger partial charge in [0.2, 0.25) is 0 Å². The van der Waals surface area contributed by atoms with Crippen molar-refractivity contribution in [2.24, 2.45) is 0 Å². The lowest BCUT2D eigenvalue weighted by atomic mass is 10.2. The van der Waals surface area contributed by atoms with Gasteiger partial charge in [-0.05, 0) is 44.5 Å². The molecule has 2 nitrogen and oxygen atoms in total. The van der Waals surface area contributed by atoms with Gasteiger partial charge in [-0.1, -0.05) is 19.8 Å². The van der Waals surface area contributed by atoms with E-state index in [9.17, 15) is 0 Å². The van der Waals surface area contributed by atoms with Crippen molar-refractivity contribution in [1.29, 1.82) is 0 Å². The van der Waals surface area contributed by atoms with E-state index in [4.69, 9.17) is 0 Å². The Morgan fingerprint density at radius 1 is 0.941 bits per heavy atom. The first-order valence-corrected chi connectivity index (χ1v) is 6.90. The average molecular weight is 234 g/mol. The van der Waals surface area contributed by atoms with Gasteiger partial charge in [0.1, 0.15) is 0 Å². The lowest BCUT2D eigenvalue weighted by Crippen LogP contribution is -2.21. The largest absolute Gasteiger partial charge is 0.385 e. The predicted octanol–water partition coefficient (Wildman–Crippen LogP) is 4.13. The van der Waals surface area contributed by atoms with Crippen molar-refractivity contribution in [2.45, 2.75) is 40.0 Å². The predicted molar refractivity (Wildman–Crippen MR) is 78.0 cm³/mol. The Bertz CT molecular complexity index is 288. The van der Waals surface area contributed by atoms with Crippen LogP contribution in [0.5, 0.6) is 0 Å². The standard InChI is InChI=1S/C15H26N2/c1-4-7-8-13-16-14-9-11-15(12-10-14)17(5-2)6-3/h9-12,16H,4-8,13H2,1-3H3. The van der Waals surface area contributed by atoms with Gasteiger partial charge < -0.3 is 10.2 Å². The molecule has 1 N–H and O–H groups in total. The van der Waals surface area contributed by atoms with Crippen molar-refractivity contribution < 1.29 is 0 Å². The Labute approximate surface area is 106 Å². The molecule has 0 heterocycles. The van der Waals surface area contributed by atoms with Crippen LogP contribution < -0.4 is 10.2 Å². The normalized spacial score (nSPS) is 10.3. The summed E-state index contributed by atoms with van der Waals surface area (Å²) in [4.78, 5) is 2.36. The first-order chi connectivity index (χ1) is 8.31. The molecule has 1 aromatic carbocycles. The molecule has 0 aliphatic rings. The summed E-state index contributed by atoms with van der Waals surface area (Å²) in [7, 11) is 0. The zero-order valence-electron chi connectivity index (χ0n) is 11.5. The fourth-order valence-corrected chi connectivity index (χ4v) is 1.99. The molecule has 0 bridgehead atoms. The van der Waals surface area contributed by atoms with E-state index in [1.165, 1.54) is 30.6 Å². The van der Waals surface area contributed by atoms with Crippen LogP contribution in [0.1, 0.15) is 40.0 Å². The molecule has 0 unspecified atom stereocenters. The van der Waals surface area contributed by atoms with Gasteiger partial charge in [-0.25, -0.2) is 0 Å². The number of hydrogen-bond acceptors (Lipinski definition) is 2. The van der Waals surface area contributed by atoms with Gasteiger partial charge in [-0.3, -0.25) is 0 Å². The molecule has 0 aliphatic carbocycles. The van der Waals surface area contributed by atoms with E-state index in [1.807, 2.05) is 0 Å². The highest BCUT2D eigenvalue weighted by Gasteiger charge is 2.00. The Morgan fingerprint density at radius 3 is 2.12 bits per heavy atom. The third-order valence-corrected chi connectivity index (χ3v) is 3.11. The molecule has 0 spiro atoms. The molecule has 0 amide bonds. The van der Waals surface area contributed by atoms with Crippen LogP contribution in [0.25, 0.3) is 0 Å². The zero-order valence-corrected chi connectivity index (χ0v) is 11.5. The first kappa shape index (κ1) is 13.9. The van der Waals surface area contributed by atoms with E-state index < -0.39 is 0 Å². The van der Waals surface area contributed by atoms with E-state index in [0.29, 0.717) is 0 Å². The Morgan fingerprint density at radius 2 is 1.59 bits per heavy atom. The van der Waals surface area contributed by atoms with Crippen molar-refractivity contribution in [1.82, 2.24) is 0 Å². The van der Waals surface area contributed by atoms with Crippen molar-refractivity contribution in [3.8, 4) is 0 Å². The molecule has 0 saturated heterocycles. The number of rotatable bonds is 8. The highest BCUT2D eigenvalue weighted by atomic mass is 15.1. The highest BCUT2D eigenvalue weighted by Crippen LogP contribution is 2.17. The van der Waals surface area contributed by atoms with Gasteiger partial charge in [0.25, 0.3) is 0 Å². The molecule has 0 atom stereocenters. The summed E-state index contributed by atoms with van der Waals surface area (Å²) in [5, 5.41) is 3.46. The van der Waals surface area contributed by atoms with Gasteiger partial charge in [0.15, 0.2) is 0 Å². The molecule has 0 aromatic heterocycles. The summed E-state index contributed by atoms with van der Waals surface area (Å²) in [6.45, 7) is 9.84. The lowest BCUT2D eigenvalue weighted by Gasteiger charge is -2.21. The number of benzene rings is 1. The lowest BCUT2D eigenvalue weighted by molar-refractivity contribution is 0.744. The van der Waals surface area contributed by atoms with Crippen molar-refractivity contribution in [2.75, 3.05) is 29.9 Å². The van der Waals surface area contributed by atoms with E-state index in [1.54, 1.807) is 0 Å². The fourth-order valence-electron chi connectivity index (χ4n) is 1.99. The average Bonchev–Trinajstić information content (AvgIpc) is 2.38. The van der Waals surface area contributed by atoms with E-state index in [2.05, 4.69) is 55.3 Å². The van der Waals surface area contributed by atoms with Gasteiger partial charge in [0.05, 0.1) is 0 Å². The Kier molecular flexibility index (Phi) is 6.53. The molecule has 0 fully saturated rings. The molecular formula is C15H26N2. The maximum atomic E-state index is 3.46. The van der Waals surface area contributed by atoms with Crippen LogP contribution in [0.15, 0.2) is 24.3 Å². The molecule has 1 aromatic rings. The van der Waals surface area contributed by atoms with Crippen LogP contribution in [-0.2, 0) is 0 Å². The molecule has 0 radical (unpaired) electrons. The second-order valence-corrected chi connectivity index (χ2v) is 4.35. The first-order valence-electron chi connectivity index (χ1n) is 6.90. The van der Waals surface area contributed by atoms with Crippen LogP contribution in [0.2, 0.25) is 0 Å². The third-order valence-electron chi connectivity index (χ3n) is 3.11. The maximum Gasteiger partial charge on any atom is 0.0367 e. The van der Waals surface area contributed by atoms with E-state index >= 15 is 0 Å². The topological polar surface area (TPSA) is 15.3 Å². The monoisotopic (exact) mass is 234 g/mol. The summed E-state index contributed by atoms with van der Waals surface area (Å²) in [6.07, 6.45) is 3.85. The van der Waals surface area contributed by atoms with Crippen molar-refractivity contribution >= 4 is 11.4 Å². The maximum absolute atomic E-state index is 3.46. The van der Waals surface area contributed by atoms with Crippen LogP contribution >= 0.6 is 0 Å². The SMILES string of the molecule is CCCCCNc1ccc(N(CC)CC)cc1. The summed E-state index contributed by atoms with van der Waals surface area (Å²) >= 11 is 0. The van der Waals surface area contributed by atoms with Crippen LogP contribution in [0, 0.1) is 0 Å². The molecule has 0 aliphatic heterocycles. The summed E-state index contributed by atoms with van der Waals surface area (Å²) in [5.41, 5.74) is 2.55. The van der Waals surface area contributed by atoms with E-state index in [0.717, 1.165) is 19.6 Å². The number of anilines is 2. The third kappa shape index (κ3) is 4.68. The molecular weight excluding hydrogens is 208 g/mol.